The van der Waals surface area contributed by atoms with Gasteiger partial charge in [0.2, 0.25) is 0 Å². The SMILES string of the molecule is COc1ccc(OC2CCCCN2)cc1. The average molecular weight is 207 g/mol. The molecule has 0 bridgehead atoms. The first-order valence-corrected chi connectivity index (χ1v) is 5.42. The highest BCUT2D eigenvalue weighted by atomic mass is 16.5. The van der Waals surface area contributed by atoms with Crippen LogP contribution in [0.4, 0.5) is 0 Å². The third-order valence-corrected chi connectivity index (χ3v) is 2.60. The minimum absolute atomic E-state index is 0.173. The molecule has 0 spiro atoms. The van der Waals surface area contributed by atoms with Gasteiger partial charge in [0.05, 0.1) is 7.11 Å². The highest BCUT2D eigenvalue weighted by molar-refractivity contribution is 5.31. The van der Waals surface area contributed by atoms with E-state index in [0.29, 0.717) is 0 Å². The van der Waals surface area contributed by atoms with Gasteiger partial charge in [-0.2, -0.15) is 0 Å². The first kappa shape index (κ1) is 10.3. The van der Waals surface area contributed by atoms with Gasteiger partial charge in [-0.1, -0.05) is 0 Å². The first-order chi connectivity index (χ1) is 7.38. The highest BCUT2D eigenvalue weighted by Crippen LogP contribution is 2.19. The van der Waals surface area contributed by atoms with Crippen LogP contribution in [0.1, 0.15) is 19.3 Å². The van der Waals surface area contributed by atoms with Crippen molar-refractivity contribution in [3.05, 3.63) is 24.3 Å². The predicted molar refractivity (Wildman–Crippen MR) is 59.3 cm³/mol. The minimum atomic E-state index is 0.173. The van der Waals surface area contributed by atoms with Gasteiger partial charge >= 0.3 is 0 Å². The van der Waals surface area contributed by atoms with E-state index in [1.54, 1.807) is 7.11 Å². The molecule has 0 saturated carbocycles. The normalized spacial score (nSPS) is 21.0. The fraction of sp³-hybridized carbons (Fsp3) is 0.500. The Labute approximate surface area is 90.4 Å². The summed E-state index contributed by atoms with van der Waals surface area (Å²) in [6, 6.07) is 7.71. The average Bonchev–Trinajstić information content (AvgIpc) is 2.31. The number of hydrogen-bond donors (Lipinski definition) is 1. The maximum Gasteiger partial charge on any atom is 0.150 e. The molecule has 0 aromatic heterocycles. The lowest BCUT2D eigenvalue weighted by Gasteiger charge is -2.24. The van der Waals surface area contributed by atoms with Gasteiger partial charge in [-0.25, -0.2) is 0 Å². The quantitative estimate of drug-likeness (QED) is 0.824. The van der Waals surface area contributed by atoms with Gasteiger partial charge in [-0.05, 0) is 50.1 Å². The fourth-order valence-corrected chi connectivity index (χ4v) is 1.74. The summed E-state index contributed by atoms with van der Waals surface area (Å²) in [6.45, 7) is 1.06. The molecular weight excluding hydrogens is 190 g/mol. The topological polar surface area (TPSA) is 30.5 Å². The number of hydrogen-bond acceptors (Lipinski definition) is 3. The highest BCUT2D eigenvalue weighted by Gasteiger charge is 2.13. The third kappa shape index (κ3) is 2.86. The molecule has 0 amide bonds. The Balaban J connectivity index is 1.91. The summed E-state index contributed by atoms with van der Waals surface area (Å²) in [5, 5.41) is 3.34. The Morgan fingerprint density at radius 1 is 1.13 bits per heavy atom. The molecule has 0 aliphatic carbocycles. The summed E-state index contributed by atoms with van der Waals surface area (Å²) >= 11 is 0. The molecule has 82 valence electrons. The second kappa shape index (κ2) is 5.03. The van der Waals surface area contributed by atoms with E-state index < -0.39 is 0 Å². The number of piperidine rings is 1. The van der Waals surface area contributed by atoms with Crippen molar-refractivity contribution in [2.24, 2.45) is 0 Å². The van der Waals surface area contributed by atoms with Crippen molar-refractivity contribution in [2.75, 3.05) is 13.7 Å². The van der Waals surface area contributed by atoms with Crippen molar-refractivity contribution in [3.63, 3.8) is 0 Å². The summed E-state index contributed by atoms with van der Waals surface area (Å²) in [5.74, 6) is 1.76. The molecule has 1 aromatic rings. The van der Waals surface area contributed by atoms with Gasteiger partial charge in [0.1, 0.15) is 17.7 Å². The summed E-state index contributed by atoms with van der Waals surface area (Å²) < 4.78 is 10.9. The molecule has 1 N–H and O–H groups in total. The summed E-state index contributed by atoms with van der Waals surface area (Å²) in [7, 11) is 1.67. The van der Waals surface area contributed by atoms with Crippen molar-refractivity contribution in [3.8, 4) is 11.5 Å². The number of nitrogens with one attached hydrogen (secondary N) is 1. The molecule has 1 aromatic carbocycles. The van der Waals surface area contributed by atoms with Gasteiger partial charge in [0.25, 0.3) is 0 Å². The van der Waals surface area contributed by atoms with Crippen LogP contribution in [0.15, 0.2) is 24.3 Å². The van der Waals surface area contributed by atoms with Crippen molar-refractivity contribution in [2.45, 2.75) is 25.5 Å². The largest absolute Gasteiger partial charge is 0.497 e. The maximum absolute atomic E-state index is 5.79. The number of benzene rings is 1. The smallest absolute Gasteiger partial charge is 0.150 e. The van der Waals surface area contributed by atoms with Crippen LogP contribution in [0.2, 0.25) is 0 Å². The van der Waals surface area contributed by atoms with Crippen LogP contribution in [0.5, 0.6) is 11.5 Å². The van der Waals surface area contributed by atoms with Gasteiger partial charge in [0.15, 0.2) is 0 Å². The zero-order chi connectivity index (χ0) is 10.5. The molecule has 3 nitrogen and oxygen atoms in total. The third-order valence-electron chi connectivity index (χ3n) is 2.60. The van der Waals surface area contributed by atoms with Crippen LogP contribution in [-0.4, -0.2) is 19.9 Å². The molecule has 1 fully saturated rings. The molecule has 15 heavy (non-hydrogen) atoms. The van der Waals surface area contributed by atoms with Crippen LogP contribution < -0.4 is 14.8 Å². The molecule has 1 atom stereocenters. The van der Waals surface area contributed by atoms with Gasteiger partial charge in [-0.15, -0.1) is 0 Å². The van der Waals surface area contributed by atoms with Crippen LogP contribution in [0.3, 0.4) is 0 Å². The summed E-state index contributed by atoms with van der Waals surface area (Å²) in [6.07, 6.45) is 3.76. The first-order valence-electron chi connectivity index (χ1n) is 5.42. The van der Waals surface area contributed by atoms with Crippen LogP contribution in [-0.2, 0) is 0 Å². The van der Waals surface area contributed by atoms with Crippen LogP contribution in [0, 0.1) is 0 Å². The van der Waals surface area contributed by atoms with E-state index in [0.717, 1.165) is 24.5 Å². The number of rotatable bonds is 3. The molecular formula is C12H17NO2. The zero-order valence-corrected chi connectivity index (χ0v) is 9.03. The molecule has 2 rings (SSSR count). The van der Waals surface area contributed by atoms with Crippen molar-refractivity contribution >= 4 is 0 Å². The molecule has 1 aliphatic rings. The second-order valence-corrected chi connectivity index (χ2v) is 3.73. The van der Waals surface area contributed by atoms with Gasteiger partial charge in [-0.3, -0.25) is 5.32 Å². The Morgan fingerprint density at radius 3 is 2.47 bits per heavy atom. The summed E-state index contributed by atoms with van der Waals surface area (Å²) in [4.78, 5) is 0. The Morgan fingerprint density at radius 2 is 1.87 bits per heavy atom. The lowest BCUT2D eigenvalue weighted by Crippen LogP contribution is -2.38. The molecule has 1 unspecified atom stereocenters. The molecule has 3 heteroatoms. The van der Waals surface area contributed by atoms with Gasteiger partial charge < -0.3 is 9.47 Å². The standard InChI is InChI=1S/C12H17NO2/c1-14-10-5-7-11(8-6-10)15-12-4-2-3-9-13-12/h5-8,12-13H,2-4,9H2,1H3. The lowest BCUT2D eigenvalue weighted by atomic mass is 10.1. The monoisotopic (exact) mass is 207 g/mol. The van der Waals surface area contributed by atoms with E-state index in [1.807, 2.05) is 24.3 Å². The van der Waals surface area contributed by atoms with Crippen LogP contribution in [0.25, 0.3) is 0 Å². The van der Waals surface area contributed by atoms with Gasteiger partial charge in [0, 0.05) is 0 Å². The molecule has 1 saturated heterocycles. The molecule has 1 heterocycles. The second-order valence-electron chi connectivity index (χ2n) is 3.73. The minimum Gasteiger partial charge on any atom is -0.497 e. The molecule has 0 radical (unpaired) electrons. The predicted octanol–water partition coefficient (Wildman–Crippen LogP) is 2.17. The van der Waals surface area contributed by atoms with E-state index >= 15 is 0 Å². The summed E-state index contributed by atoms with van der Waals surface area (Å²) in [5.41, 5.74) is 0. The van der Waals surface area contributed by atoms with Crippen molar-refractivity contribution in [1.82, 2.24) is 5.32 Å². The lowest BCUT2D eigenvalue weighted by molar-refractivity contribution is 0.132. The Hall–Kier alpha value is -1.22. The van der Waals surface area contributed by atoms with E-state index in [4.69, 9.17) is 9.47 Å². The van der Waals surface area contributed by atoms with Crippen LogP contribution >= 0.6 is 0 Å². The Kier molecular flexibility index (Phi) is 3.45. The Bertz CT molecular complexity index is 291. The van der Waals surface area contributed by atoms with E-state index in [9.17, 15) is 0 Å². The zero-order valence-electron chi connectivity index (χ0n) is 9.03. The molecule has 1 aliphatic heterocycles. The maximum atomic E-state index is 5.79. The van der Waals surface area contributed by atoms with Crippen molar-refractivity contribution < 1.29 is 9.47 Å². The fourth-order valence-electron chi connectivity index (χ4n) is 1.74. The van der Waals surface area contributed by atoms with E-state index in [2.05, 4.69) is 5.32 Å². The van der Waals surface area contributed by atoms with E-state index in [1.165, 1.54) is 12.8 Å². The van der Waals surface area contributed by atoms with Crippen molar-refractivity contribution in [1.29, 1.82) is 0 Å². The number of methoxy groups -OCH3 is 1. The number of ether oxygens (including phenoxy) is 2. The van der Waals surface area contributed by atoms with E-state index in [-0.39, 0.29) is 6.23 Å².